The van der Waals surface area contributed by atoms with Crippen molar-refractivity contribution in [2.75, 3.05) is 32.8 Å². The van der Waals surface area contributed by atoms with E-state index in [1.807, 2.05) is 17.9 Å². The molecular formula is C30H38N2O4. The van der Waals surface area contributed by atoms with Crippen molar-refractivity contribution in [3.05, 3.63) is 64.7 Å². The fraction of sp³-hybridized carbons (Fsp3) is 0.533. The molecule has 6 heteroatoms. The third kappa shape index (κ3) is 5.15. The average molecular weight is 491 g/mol. The van der Waals surface area contributed by atoms with Crippen LogP contribution in [0.1, 0.15) is 67.3 Å². The van der Waals surface area contributed by atoms with Crippen LogP contribution in [0.2, 0.25) is 0 Å². The summed E-state index contributed by atoms with van der Waals surface area (Å²) in [5, 5.41) is 0. The van der Waals surface area contributed by atoms with Gasteiger partial charge in [0.1, 0.15) is 5.75 Å². The number of hydrogen-bond donors (Lipinski definition) is 0. The minimum atomic E-state index is -0.529. The molecule has 0 aromatic heterocycles. The Balaban J connectivity index is 1.45. The molecule has 2 aromatic rings. The van der Waals surface area contributed by atoms with Gasteiger partial charge >= 0.3 is 0 Å². The zero-order valence-corrected chi connectivity index (χ0v) is 21.6. The van der Waals surface area contributed by atoms with E-state index in [4.69, 9.17) is 9.47 Å². The molecule has 2 atom stereocenters. The van der Waals surface area contributed by atoms with Gasteiger partial charge in [-0.1, -0.05) is 55.7 Å². The normalized spacial score (nSPS) is 21.2. The third-order valence-electron chi connectivity index (χ3n) is 7.97. The maximum Gasteiger partial charge on any atom is 0.263 e. The van der Waals surface area contributed by atoms with Crippen LogP contribution in [0.4, 0.5) is 0 Å². The number of benzene rings is 2. The molecule has 2 amide bonds. The van der Waals surface area contributed by atoms with Crippen LogP contribution in [0.3, 0.4) is 0 Å². The molecule has 0 unspecified atom stereocenters. The van der Waals surface area contributed by atoms with Crippen molar-refractivity contribution < 1.29 is 19.1 Å². The Kier molecular flexibility index (Phi) is 7.61. The van der Waals surface area contributed by atoms with Crippen LogP contribution >= 0.6 is 0 Å². The van der Waals surface area contributed by atoms with Crippen molar-refractivity contribution >= 4 is 11.8 Å². The van der Waals surface area contributed by atoms with Gasteiger partial charge in [0.05, 0.1) is 19.3 Å². The predicted molar refractivity (Wildman–Crippen MR) is 139 cm³/mol. The first kappa shape index (κ1) is 24.8. The maximum atomic E-state index is 13.7. The molecule has 6 nitrogen and oxygen atoms in total. The number of nitrogens with zero attached hydrogens (tertiary/aromatic N) is 2. The Morgan fingerprint density at radius 2 is 1.75 bits per heavy atom. The van der Waals surface area contributed by atoms with Gasteiger partial charge in [-0.25, -0.2) is 0 Å². The van der Waals surface area contributed by atoms with Crippen molar-refractivity contribution in [2.24, 2.45) is 5.92 Å². The van der Waals surface area contributed by atoms with Gasteiger partial charge < -0.3 is 19.3 Å². The van der Waals surface area contributed by atoms with Gasteiger partial charge in [0.25, 0.3) is 5.91 Å². The lowest BCUT2D eigenvalue weighted by Crippen LogP contribution is -2.47. The third-order valence-corrected chi connectivity index (χ3v) is 7.97. The number of carbonyl (C=O) groups is 2. The summed E-state index contributed by atoms with van der Waals surface area (Å²) in [5.41, 5.74) is 4.69. The van der Waals surface area contributed by atoms with Crippen LogP contribution in [-0.2, 0) is 20.7 Å². The van der Waals surface area contributed by atoms with Crippen molar-refractivity contribution in [3.8, 4) is 5.75 Å². The molecule has 192 valence electrons. The van der Waals surface area contributed by atoms with Gasteiger partial charge in [-0.15, -0.1) is 0 Å². The quantitative estimate of drug-likeness (QED) is 0.590. The Morgan fingerprint density at radius 3 is 2.44 bits per heavy atom. The second kappa shape index (κ2) is 11.0. The Bertz CT molecular complexity index is 1070. The molecular weight excluding hydrogens is 452 g/mol. The summed E-state index contributed by atoms with van der Waals surface area (Å²) in [6, 6.07) is 14.6. The summed E-state index contributed by atoms with van der Waals surface area (Å²) in [6.45, 7) is 7.16. The number of ether oxygens (including phenoxy) is 2. The van der Waals surface area contributed by atoms with Gasteiger partial charge in [0.2, 0.25) is 5.91 Å². The van der Waals surface area contributed by atoms with Gasteiger partial charge in [-0.3, -0.25) is 9.59 Å². The highest BCUT2D eigenvalue weighted by Gasteiger charge is 2.36. The molecule has 36 heavy (non-hydrogen) atoms. The first-order valence-corrected chi connectivity index (χ1v) is 13.6. The summed E-state index contributed by atoms with van der Waals surface area (Å²) in [6.07, 6.45) is 5.18. The maximum absolute atomic E-state index is 13.7. The van der Waals surface area contributed by atoms with Crippen molar-refractivity contribution in [3.63, 3.8) is 0 Å². The molecule has 2 aliphatic heterocycles. The summed E-state index contributed by atoms with van der Waals surface area (Å²) in [4.78, 5) is 30.7. The van der Waals surface area contributed by atoms with E-state index in [9.17, 15) is 9.59 Å². The van der Waals surface area contributed by atoms with Crippen LogP contribution in [0.25, 0.3) is 0 Å². The Labute approximate surface area is 214 Å². The molecule has 0 radical (unpaired) electrons. The SMILES string of the molecule is CC[C@@H](Oc1ccc2c(c1)[C@@H](c1ccc(C)cc1)N(C(=O)C1CCCC1)CC2)C(=O)N1CCOCC1. The second-order valence-corrected chi connectivity index (χ2v) is 10.4. The van der Waals surface area contributed by atoms with Crippen molar-refractivity contribution in [1.29, 1.82) is 0 Å². The highest BCUT2D eigenvalue weighted by atomic mass is 16.5. The van der Waals surface area contributed by atoms with E-state index in [-0.39, 0.29) is 23.8 Å². The smallest absolute Gasteiger partial charge is 0.263 e. The molecule has 0 N–H and O–H groups in total. The molecule has 1 saturated carbocycles. The van der Waals surface area contributed by atoms with Gasteiger partial charge in [0, 0.05) is 25.6 Å². The van der Waals surface area contributed by atoms with Crippen molar-refractivity contribution in [2.45, 2.75) is 64.5 Å². The molecule has 5 rings (SSSR count). The summed E-state index contributed by atoms with van der Waals surface area (Å²) >= 11 is 0. The number of morpholine rings is 1. The lowest BCUT2D eigenvalue weighted by molar-refractivity contribution is -0.143. The first-order valence-electron chi connectivity index (χ1n) is 13.6. The van der Waals surface area contributed by atoms with E-state index >= 15 is 0 Å². The first-order chi connectivity index (χ1) is 17.5. The van der Waals surface area contributed by atoms with E-state index in [0.717, 1.165) is 49.8 Å². The van der Waals surface area contributed by atoms with Crippen LogP contribution in [-0.4, -0.2) is 60.6 Å². The minimum Gasteiger partial charge on any atom is -0.481 e. The van der Waals surface area contributed by atoms with Gasteiger partial charge in [-0.05, 0) is 61.4 Å². The standard InChI is InChI=1S/C30H38N2O4/c1-3-27(30(34)31-16-18-35-19-17-31)36-25-13-12-22-14-15-32(29(33)24-6-4-5-7-24)28(26(22)20-25)23-10-8-21(2)9-11-23/h8-13,20,24,27-28H,3-7,14-19H2,1-2H3/t27-,28-/m1/s1. The van der Waals surface area contributed by atoms with E-state index in [2.05, 4.69) is 48.2 Å². The molecule has 0 bridgehead atoms. The summed E-state index contributed by atoms with van der Waals surface area (Å²) in [5.74, 6) is 1.12. The summed E-state index contributed by atoms with van der Waals surface area (Å²) in [7, 11) is 0. The average Bonchev–Trinajstić information content (AvgIpc) is 3.46. The topological polar surface area (TPSA) is 59.1 Å². The highest BCUT2D eigenvalue weighted by molar-refractivity contribution is 5.82. The van der Waals surface area contributed by atoms with Gasteiger partial charge in [-0.2, -0.15) is 0 Å². The van der Waals surface area contributed by atoms with Crippen molar-refractivity contribution in [1.82, 2.24) is 9.80 Å². The van der Waals surface area contributed by atoms with E-state index < -0.39 is 6.10 Å². The van der Waals surface area contributed by atoms with Gasteiger partial charge in [0.15, 0.2) is 6.10 Å². The van der Waals surface area contributed by atoms with Crippen LogP contribution in [0.15, 0.2) is 42.5 Å². The van der Waals surface area contributed by atoms with Crippen LogP contribution < -0.4 is 4.74 Å². The van der Waals surface area contributed by atoms with E-state index in [1.165, 1.54) is 11.1 Å². The fourth-order valence-corrected chi connectivity index (χ4v) is 5.88. The lowest BCUT2D eigenvalue weighted by Gasteiger charge is -2.39. The molecule has 2 fully saturated rings. The summed E-state index contributed by atoms with van der Waals surface area (Å²) < 4.78 is 11.7. The lowest BCUT2D eigenvalue weighted by atomic mass is 9.86. The van der Waals surface area contributed by atoms with E-state index in [1.54, 1.807) is 0 Å². The predicted octanol–water partition coefficient (Wildman–Crippen LogP) is 4.68. The number of rotatable bonds is 6. The number of amides is 2. The molecule has 1 aliphatic carbocycles. The van der Waals surface area contributed by atoms with Crippen LogP contribution in [0.5, 0.6) is 5.75 Å². The number of hydrogen-bond acceptors (Lipinski definition) is 4. The number of aryl methyl sites for hydroxylation is 1. The Morgan fingerprint density at radius 1 is 1.03 bits per heavy atom. The molecule has 2 aromatic carbocycles. The molecule has 3 aliphatic rings. The Hall–Kier alpha value is -2.86. The second-order valence-electron chi connectivity index (χ2n) is 10.4. The molecule has 2 heterocycles. The zero-order chi connectivity index (χ0) is 25.1. The highest BCUT2D eigenvalue weighted by Crippen LogP contribution is 2.40. The minimum absolute atomic E-state index is 0.0200. The number of carbonyl (C=O) groups excluding carboxylic acids is 2. The monoisotopic (exact) mass is 490 g/mol. The largest absolute Gasteiger partial charge is 0.481 e. The number of fused-ring (bicyclic) bond motifs is 1. The zero-order valence-electron chi connectivity index (χ0n) is 21.6. The molecule has 0 spiro atoms. The van der Waals surface area contributed by atoms with Crippen LogP contribution in [0, 0.1) is 12.8 Å². The molecule has 1 saturated heterocycles. The van der Waals surface area contributed by atoms with E-state index in [0.29, 0.717) is 38.5 Å². The fourth-order valence-electron chi connectivity index (χ4n) is 5.88.